The molecule has 0 amide bonds. The lowest BCUT2D eigenvalue weighted by Crippen LogP contribution is -2.41. The van der Waals surface area contributed by atoms with Crippen LogP contribution < -0.4 is 5.14 Å². The van der Waals surface area contributed by atoms with Gasteiger partial charge in [0.1, 0.15) is 0 Å². The molecule has 0 aromatic heterocycles. The molecule has 1 fully saturated rings. The lowest BCUT2D eigenvalue weighted by molar-refractivity contribution is 0.233. The number of hydrogen-bond acceptors (Lipinski definition) is 5. The van der Waals surface area contributed by atoms with Crippen LogP contribution in [0.1, 0.15) is 6.42 Å². The minimum absolute atomic E-state index is 1.08. The third-order valence-corrected chi connectivity index (χ3v) is 3.87. The molecular formula is C8H19N3S2. The fraction of sp³-hybridized carbons (Fsp3) is 1.00. The predicted molar refractivity (Wildman–Crippen MR) is 62.8 cm³/mol. The van der Waals surface area contributed by atoms with Gasteiger partial charge in [0.15, 0.2) is 0 Å². The standard InChI is InChI=1S/C8H19N3S2/c1-10-3-5-11(6-4-10)13-8-2-7-12-9/h2-9H2,1H3. The molecule has 0 aromatic carbocycles. The zero-order chi connectivity index (χ0) is 9.52. The van der Waals surface area contributed by atoms with Crippen LogP contribution in [0.5, 0.6) is 0 Å². The Bertz CT molecular complexity index is 127. The monoisotopic (exact) mass is 221 g/mol. The molecule has 3 nitrogen and oxygen atoms in total. The maximum Gasteiger partial charge on any atom is 0.0218 e. The van der Waals surface area contributed by atoms with Crippen molar-refractivity contribution in [2.75, 3.05) is 44.7 Å². The minimum atomic E-state index is 1.08. The van der Waals surface area contributed by atoms with E-state index in [4.69, 9.17) is 5.14 Å². The van der Waals surface area contributed by atoms with E-state index in [1.54, 1.807) is 0 Å². The molecule has 5 heteroatoms. The Labute approximate surface area is 89.7 Å². The summed E-state index contributed by atoms with van der Waals surface area (Å²) in [6.07, 6.45) is 1.22. The maximum atomic E-state index is 5.35. The molecule has 13 heavy (non-hydrogen) atoms. The lowest BCUT2D eigenvalue weighted by Gasteiger charge is -2.31. The lowest BCUT2D eigenvalue weighted by atomic mass is 10.4. The predicted octanol–water partition coefficient (Wildman–Crippen LogP) is 0.879. The highest BCUT2D eigenvalue weighted by Gasteiger charge is 2.13. The first-order valence-corrected chi connectivity index (χ1v) is 6.70. The van der Waals surface area contributed by atoms with E-state index in [-0.39, 0.29) is 0 Å². The molecule has 2 N–H and O–H groups in total. The molecule has 0 radical (unpaired) electrons. The maximum absolute atomic E-state index is 5.35. The van der Waals surface area contributed by atoms with Gasteiger partial charge in [-0.15, -0.1) is 0 Å². The third-order valence-electron chi connectivity index (χ3n) is 2.14. The van der Waals surface area contributed by atoms with Gasteiger partial charge in [0.2, 0.25) is 0 Å². The zero-order valence-corrected chi connectivity index (χ0v) is 9.87. The largest absolute Gasteiger partial charge is 0.304 e. The van der Waals surface area contributed by atoms with Gasteiger partial charge in [0.05, 0.1) is 0 Å². The first-order chi connectivity index (χ1) is 6.33. The van der Waals surface area contributed by atoms with E-state index in [0.29, 0.717) is 0 Å². The molecule has 0 unspecified atom stereocenters. The van der Waals surface area contributed by atoms with Crippen molar-refractivity contribution in [2.45, 2.75) is 6.42 Å². The van der Waals surface area contributed by atoms with Crippen molar-refractivity contribution in [2.24, 2.45) is 5.14 Å². The molecule has 0 aromatic rings. The van der Waals surface area contributed by atoms with Crippen LogP contribution >= 0.6 is 23.9 Å². The van der Waals surface area contributed by atoms with E-state index < -0.39 is 0 Å². The summed E-state index contributed by atoms with van der Waals surface area (Å²) in [5, 5.41) is 5.35. The summed E-state index contributed by atoms with van der Waals surface area (Å²) >= 11 is 3.43. The Balaban J connectivity index is 1.96. The molecule has 0 bridgehead atoms. The van der Waals surface area contributed by atoms with E-state index in [9.17, 15) is 0 Å². The highest BCUT2D eigenvalue weighted by Crippen LogP contribution is 2.14. The average molecular weight is 221 g/mol. The van der Waals surface area contributed by atoms with Crippen molar-refractivity contribution in [3.05, 3.63) is 0 Å². The van der Waals surface area contributed by atoms with Gasteiger partial charge in [-0.05, 0) is 13.5 Å². The van der Waals surface area contributed by atoms with Crippen molar-refractivity contribution in [1.82, 2.24) is 9.21 Å². The molecule has 1 rings (SSSR count). The Morgan fingerprint density at radius 1 is 1.15 bits per heavy atom. The summed E-state index contributed by atoms with van der Waals surface area (Å²) in [5.74, 6) is 2.30. The van der Waals surface area contributed by atoms with Gasteiger partial charge in [-0.25, -0.2) is 4.31 Å². The highest BCUT2D eigenvalue weighted by molar-refractivity contribution is 7.97. The molecule has 1 aliphatic heterocycles. The zero-order valence-electron chi connectivity index (χ0n) is 8.24. The fourth-order valence-electron chi connectivity index (χ4n) is 1.25. The Morgan fingerprint density at radius 3 is 2.46 bits per heavy atom. The van der Waals surface area contributed by atoms with Crippen LogP contribution in [-0.4, -0.2) is 53.9 Å². The molecule has 0 saturated carbocycles. The second-order valence-electron chi connectivity index (χ2n) is 3.29. The van der Waals surface area contributed by atoms with Crippen LogP contribution in [-0.2, 0) is 0 Å². The number of likely N-dealkylation sites (N-methyl/N-ethyl adjacent to an activating group) is 1. The second-order valence-corrected chi connectivity index (χ2v) is 5.21. The second kappa shape index (κ2) is 6.95. The van der Waals surface area contributed by atoms with Crippen LogP contribution in [0, 0.1) is 0 Å². The van der Waals surface area contributed by atoms with Gasteiger partial charge < -0.3 is 4.90 Å². The van der Waals surface area contributed by atoms with Crippen molar-refractivity contribution in [3.63, 3.8) is 0 Å². The highest BCUT2D eigenvalue weighted by atomic mass is 32.2. The molecular weight excluding hydrogens is 202 g/mol. The van der Waals surface area contributed by atoms with Gasteiger partial charge in [0, 0.05) is 37.7 Å². The van der Waals surface area contributed by atoms with E-state index >= 15 is 0 Å². The van der Waals surface area contributed by atoms with Crippen LogP contribution in [0.3, 0.4) is 0 Å². The number of piperazine rings is 1. The summed E-state index contributed by atoms with van der Waals surface area (Å²) in [4.78, 5) is 2.38. The summed E-state index contributed by atoms with van der Waals surface area (Å²) in [5.41, 5.74) is 0. The summed E-state index contributed by atoms with van der Waals surface area (Å²) < 4.78 is 2.47. The Morgan fingerprint density at radius 2 is 1.85 bits per heavy atom. The van der Waals surface area contributed by atoms with Gasteiger partial charge in [-0.3, -0.25) is 5.14 Å². The summed E-state index contributed by atoms with van der Waals surface area (Å²) in [6, 6.07) is 0. The minimum Gasteiger partial charge on any atom is -0.304 e. The van der Waals surface area contributed by atoms with Crippen molar-refractivity contribution in [3.8, 4) is 0 Å². The van der Waals surface area contributed by atoms with Gasteiger partial charge in [0.25, 0.3) is 0 Å². The SMILES string of the molecule is CN1CCN(SCCCSN)CC1. The Kier molecular flexibility index (Phi) is 6.23. The van der Waals surface area contributed by atoms with Crippen molar-refractivity contribution in [1.29, 1.82) is 0 Å². The molecule has 78 valence electrons. The van der Waals surface area contributed by atoms with E-state index in [1.165, 1.54) is 50.3 Å². The number of nitrogens with two attached hydrogens (primary N) is 1. The average Bonchev–Trinajstić information content (AvgIpc) is 2.15. The summed E-state index contributed by atoms with van der Waals surface area (Å²) in [7, 11) is 2.19. The van der Waals surface area contributed by atoms with E-state index in [2.05, 4.69) is 16.3 Å². The van der Waals surface area contributed by atoms with Crippen LogP contribution in [0.15, 0.2) is 0 Å². The normalized spacial score (nSPS) is 20.8. The first-order valence-electron chi connectivity index (χ1n) is 4.71. The first kappa shape index (κ1) is 11.7. The molecule has 1 heterocycles. The van der Waals surface area contributed by atoms with Gasteiger partial charge in [-0.1, -0.05) is 23.9 Å². The van der Waals surface area contributed by atoms with Crippen molar-refractivity contribution < 1.29 is 0 Å². The van der Waals surface area contributed by atoms with Crippen LogP contribution in [0.2, 0.25) is 0 Å². The van der Waals surface area contributed by atoms with E-state index in [0.717, 1.165) is 5.75 Å². The topological polar surface area (TPSA) is 32.5 Å². The summed E-state index contributed by atoms with van der Waals surface area (Å²) in [6.45, 7) is 4.82. The molecule has 1 saturated heterocycles. The number of hydrogen-bond donors (Lipinski definition) is 1. The third kappa shape index (κ3) is 5.12. The van der Waals surface area contributed by atoms with E-state index in [1.807, 2.05) is 11.9 Å². The number of nitrogens with zero attached hydrogens (tertiary/aromatic N) is 2. The fourth-order valence-corrected chi connectivity index (χ4v) is 2.70. The molecule has 0 aliphatic carbocycles. The van der Waals surface area contributed by atoms with Crippen molar-refractivity contribution >= 4 is 23.9 Å². The van der Waals surface area contributed by atoms with Gasteiger partial charge >= 0.3 is 0 Å². The molecule has 1 aliphatic rings. The van der Waals surface area contributed by atoms with Crippen LogP contribution in [0.4, 0.5) is 0 Å². The van der Waals surface area contributed by atoms with Crippen LogP contribution in [0.25, 0.3) is 0 Å². The Hall–Kier alpha value is 0.580. The van der Waals surface area contributed by atoms with Gasteiger partial charge in [-0.2, -0.15) is 0 Å². The number of rotatable bonds is 5. The molecule has 0 atom stereocenters. The smallest absolute Gasteiger partial charge is 0.0218 e. The molecule has 0 spiro atoms. The quantitative estimate of drug-likeness (QED) is 0.550.